The van der Waals surface area contributed by atoms with Crippen molar-refractivity contribution in [3.05, 3.63) is 53.1 Å². The maximum absolute atomic E-state index is 2.35. The van der Waals surface area contributed by atoms with Crippen molar-refractivity contribution >= 4 is 5.57 Å². The highest BCUT2D eigenvalue weighted by molar-refractivity contribution is 5.82. The quantitative estimate of drug-likeness (QED) is 0.646. The van der Waals surface area contributed by atoms with Crippen molar-refractivity contribution in [2.45, 2.75) is 26.7 Å². The maximum atomic E-state index is 2.35. The first kappa shape index (κ1) is 9.26. The minimum Gasteiger partial charge on any atom is -0.0723 e. The fourth-order valence-corrected chi connectivity index (χ4v) is 2.08. The van der Waals surface area contributed by atoms with Crippen LogP contribution in [0.2, 0.25) is 0 Å². The van der Waals surface area contributed by atoms with Crippen LogP contribution in [0.5, 0.6) is 0 Å². The van der Waals surface area contributed by atoms with Crippen LogP contribution >= 0.6 is 0 Å². The molecule has 0 saturated heterocycles. The molecule has 1 aliphatic rings. The number of hydrogen-bond acceptors (Lipinski definition) is 0. The molecule has 1 aliphatic carbocycles. The van der Waals surface area contributed by atoms with Crippen molar-refractivity contribution in [3.63, 3.8) is 0 Å². The van der Waals surface area contributed by atoms with Gasteiger partial charge in [0.1, 0.15) is 0 Å². The Labute approximate surface area is 86.0 Å². The summed E-state index contributed by atoms with van der Waals surface area (Å²) in [5, 5.41) is 0. The zero-order valence-electron chi connectivity index (χ0n) is 8.88. The molecule has 0 amide bonds. The van der Waals surface area contributed by atoms with Crippen LogP contribution in [-0.4, -0.2) is 0 Å². The van der Waals surface area contributed by atoms with Gasteiger partial charge in [-0.15, -0.1) is 0 Å². The van der Waals surface area contributed by atoms with Crippen LogP contribution in [0.1, 0.15) is 32.3 Å². The molecule has 0 radical (unpaired) electrons. The molecule has 0 aromatic heterocycles. The van der Waals surface area contributed by atoms with Gasteiger partial charge in [0.25, 0.3) is 0 Å². The molecule has 0 spiro atoms. The maximum Gasteiger partial charge on any atom is -0.0124 e. The number of hydrogen-bond donors (Lipinski definition) is 0. The van der Waals surface area contributed by atoms with E-state index in [1.165, 1.54) is 23.1 Å². The molecular formula is C14H16. The van der Waals surface area contributed by atoms with E-state index in [-0.39, 0.29) is 0 Å². The van der Waals surface area contributed by atoms with Gasteiger partial charge in [0.05, 0.1) is 0 Å². The van der Waals surface area contributed by atoms with Crippen LogP contribution in [0.15, 0.2) is 47.6 Å². The van der Waals surface area contributed by atoms with Crippen LogP contribution in [-0.2, 0) is 0 Å². The summed E-state index contributed by atoms with van der Waals surface area (Å²) in [6.07, 6.45) is 4.68. The fraction of sp³-hybridized carbons (Fsp3) is 0.286. The minimum atomic E-state index is 1.15. The number of allylic oxidation sites excluding steroid dienone is 4. The highest BCUT2D eigenvalue weighted by Gasteiger charge is 2.13. The summed E-state index contributed by atoms with van der Waals surface area (Å²) < 4.78 is 0. The van der Waals surface area contributed by atoms with E-state index in [1.807, 2.05) is 0 Å². The van der Waals surface area contributed by atoms with Crippen molar-refractivity contribution in [2.24, 2.45) is 0 Å². The normalized spacial score (nSPS) is 16.0. The summed E-state index contributed by atoms with van der Waals surface area (Å²) in [5.74, 6) is 0. The van der Waals surface area contributed by atoms with E-state index < -0.39 is 0 Å². The highest BCUT2D eigenvalue weighted by Crippen LogP contribution is 2.34. The molecular weight excluding hydrogens is 168 g/mol. The van der Waals surface area contributed by atoms with Crippen LogP contribution in [0, 0.1) is 0 Å². The van der Waals surface area contributed by atoms with Crippen molar-refractivity contribution in [1.82, 2.24) is 0 Å². The molecule has 0 atom stereocenters. The molecule has 1 aromatic carbocycles. The van der Waals surface area contributed by atoms with Gasteiger partial charge in [0.2, 0.25) is 0 Å². The third kappa shape index (κ3) is 1.52. The third-order valence-corrected chi connectivity index (χ3v) is 3.00. The second-order valence-corrected chi connectivity index (χ2v) is 3.77. The Morgan fingerprint density at radius 2 is 1.86 bits per heavy atom. The van der Waals surface area contributed by atoms with Gasteiger partial charge < -0.3 is 0 Å². The van der Waals surface area contributed by atoms with Crippen molar-refractivity contribution in [3.8, 4) is 0 Å². The first-order valence-electron chi connectivity index (χ1n) is 5.27. The second-order valence-electron chi connectivity index (χ2n) is 3.77. The Bertz CT molecular complexity index is 380. The fourth-order valence-electron chi connectivity index (χ4n) is 2.08. The molecule has 72 valence electrons. The summed E-state index contributed by atoms with van der Waals surface area (Å²) in [4.78, 5) is 0. The monoisotopic (exact) mass is 184 g/mol. The lowest BCUT2D eigenvalue weighted by Gasteiger charge is -2.05. The summed E-state index contributed by atoms with van der Waals surface area (Å²) in [5.41, 5.74) is 5.86. The van der Waals surface area contributed by atoms with E-state index in [1.54, 1.807) is 5.57 Å². The van der Waals surface area contributed by atoms with Gasteiger partial charge in [-0.2, -0.15) is 0 Å². The Hall–Kier alpha value is -1.30. The van der Waals surface area contributed by atoms with Crippen molar-refractivity contribution in [1.29, 1.82) is 0 Å². The lowest BCUT2D eigenvalue weighted by atomic mass is 10.00. The second kappa shape index (κ2) is 3.83. The SMILES string of the molecule is CCC1=C(C)C(c2ccccc2)=CC1. The van der Waals surface area contributed by atoms with Gasteiger partial charge in [-0.05, 0) is 36.5 Å². The first-order chi connectivity index (χ1) is 6.83. The molecule has 0 N–H and O–H groups in total. The van der Waals surface area contributed by atoms with E-state index in [4.69, 9.17) is 0 Å². The number of benzene rings is 1. The first-order valence-corrected chi connectivity index (χ1v) is 5.27. The predicted octanol–water partition coefficient (Wildman–Crippen LogP) is 4.20. The average Bonchev–Trinajstić information content (AvgIpc) is 2.61. The van der Waals surface area contributed by atoms with Crippen LogP contribution in [0.3, 0.4) is 0 Å². The van der Waals surface area contributed by atoms with Gasteiger partial charge in [0.15, 0.2) is 0 Å². The van der Waals surface area contributed by atoms with E-state index in [9.17, 15) is 0 Å². The Balaban J connectivity index is 2.35. The average molecular weight is 184 g/mol. The molecule has 0 aliphatic heterocycles. The summed E-state index contributed by atoms with van der Waals surface area (Å²) >= 11 is 0. The van der Waals surface area contributed by atoms with E-state index in [2.05, 4.69) is 50.3 Å². The topological polar surface area (TPSA) is 0 Å². The zero-order valence-corrected chi connectivity index (χ0v) is 8.88. The molecule has 0 heterocycles. The summed E-state index contributed by atoms with van der Waals surface area (Å²) in [6.45, 7) is 4.48. The zero-order chi connectivity index (χ0) is 9.97. The smallest absolute Gasteiger partial charge is 0.0124 e. The molecule has 0 unspecified atom stereocenters. The molecule has 2 rings (SSSR count). The Morgan fingerprint density at radius 3 is 2.43 bits per heavy atom. The molecule has 1 aromatic rings. The van der Waals surface area contributed by atoms with E-state index in [0.717, 1.165) is 6.42 Å². The summed E-state index contributed by atoms with van der Waals surface area (Å²) in [6, 6.07) is 10.7. The van der Waals surface area contributed by atoms with E-state index >= 15 is 0 Å². The molecule has 14 heavy (non-hydrogen) atoms. The molecule has 0 fully saturated rings. The predicted molar refractivity (Wildman–Crippen MR) is 62.0 cm³/mol. The third-order valence-electron chi connectivity index (χ3n) is 3.00. The van der Waals surface area contributed by atoms with Gasteiger partial charge in [-0.1, -0.05) is 48.9 Å². The lowest BCUT2D eigenvalue weighted by molar-refractivity contribution is 1.03. The molecule has 0 nitrogen and oxygen atoms in total. The molecule has 0 heteroatoms. The minimum absolute atomic E-state index is 1.15. The van der Waals surface area contributed by atoms with Crippen LogP contribution in [0.25, 0.3) is 5.57 Å². The van der Waals surface area contributed by atoms with Crippen LogP contribution in [0.4, 0.5) is 0 Å². The number of rotatable bonds is 2. The Morgan fingerprint density at radius 1 is 1.14 bits per heavy atom. The van der Waals surface area contributed by atoms with Gasteiger partial charge in [-0.3, -0.25) is 0 Å². The highest BCUT2D eigenvalue weighted by atomic mass is 14.2. The standard InChI is InChI=1S/C14H16/c1-3-12-9-10-14(11(12)2)13-7-5-4-6-8-13/h4-8,10H,3,9H2,1-2H3. The van der Waals surface area contributed by atoms with Gasteiger partial charge >= 0.3 is 0 Å². The Kier molecular flexibility index (Phi) is 2.53. The van der Waals surface area contributed by atoms with E-state index in [0.29, 0.717) is 0 Å². The van der Waals surface area contributed by atoms with Gasteiger partial charge in [-0.25, -0.2) is 0 Å². The van der Waals surface area contributed by atoms with Crippen LogP contribution < -0.4 is 0 Å². The largest absolute Gasteiger partial charge is 0.0723 e. The molecule has 0 bridgehead atoms. The van der Waals surface area contributed by atoms with Crippen molar-refractivity contribution < 1.29 is 0 Å². The van der Waals surface area contributed by atoms with Crippen molar-refractivity contribution in [2.75, 3.05) is 0 Å². The van der Waals surface area contributed by atoms with Gasteiger partial charge in [0, 0.05) is 0 Å². The molecule has 0 saturated carbocycles. The summed E-state index contributed by atoms with van der Waals surface area (Å²) in [7, 11) is 0. The lowest BCUT2D eigenvalue weighted by Crippen LogP contribution is -1.84.